The van der Waals surface area contributed by atoms with E-state index in [-0.39, 0.29) is 29.3 Å². The number of Topliss-reactive ketones (excluding diaryl/α,β-unsaturated/α-hetero) is 1. The van der Waals surface area contributed by atoms with Gasteiger partial charge in [-0.15, -0.1) is 0 Å². The number of cyclic esters (lactones) is 1. The summed E-state index contributed by atoms with van der Waals surface area (Å²) in [5, 5.41) is 11.6. The molecule has 206 valence electrons. The molecule has 3 aliphatic rings. The van der Waals surface area contributed by atoms with Gasteiger partial charge in [0.2, 0.25) is 5.75 Å². The Morgan fingerprint density at radius 3 is 2.62 bits per heavy atom. The van der Waals surface area contributed by atoms with E-state index in [1.807, 2.05) is 6.08 Å². The molecule has 39 heavy (non-hydrogen) atoms. The number of ketones is 1. The maximum Gasteiger partial charge on any atom is 0.342 e. The summed E-state index contributed by atoms with van der Waals surface area (Å²) in [5.41, 5.74) is 1.35. The largest absolute Gasteiger partial charge is 0.507 e. The third-order valence-corrected chi connectivity index (χ3v) is 7.23. The quantitative estimate of drug-likeness (QED) is 0.413. The molecule has 2 atom stereocenters. The first-order valence-electron chi connectivity index (χ1n) is 13.3. The van der Waals surface area contributed by atoms with Crippen molar-refractivity contribution in [1.29, 1.82) is 0 Å². The molecule has 0 saturated heterocycles. The summed E-state index contributed by atoms with van der Waals surface area (Å²) >= 11 is 0. The molecule has 9 heteroatoms. The van der Waals surface area contributed by atoms with Gasteiger partial charge in [-0.3, -0.25) is 9.59 Å². The average molecular weight is 537 g/mol. The van der Waals surface area contributed by atoms with E-state index < -0.39 is 24.0 Å². The third-order valence-electron chi connectivity index (χ3n) is 7.23. The van der Waals surface area contributed by atoms with Crippen molar-refractivity contribution in [3.05, 3.63) is 46.5 Å². The molecule has 0 radical (unpaired) electrons. The van der Waals surface area contributed by atoms with Crippen LogP contribution in [0.4, 0.5) is 0 Å². The van der Waals surface area contributed by atoms with Crippen molar-refractivity contribution in [3.8, 4) is 28.7 Å². The Balaban J connectivity index is 1.61. The highest BCUT2D eigenvalue weighted by Crippen LogP contribution is 2.50. The molecule has 3 aliphatic heterocycles. The monoisotopic (exact) mass is 536 g/mol. The maximum atomic E-state index is 13.4. The van der Waals surface area contributed by atoms with Crippen molar-refractivity contribution in [2.45, 2.75) is 63.9 Å². The molecule has 2 aromatic rings. The Labute approximate surface area is 226 Å². The van der Waals surface area contributed by atoms with Crippen LogP contribution in [-0.2, 0) is 14.3 Å². The van der Waals surface area contributed by atoms with Gasteiger partial charge in [0.05, 0.1) is 19.6 Å². The molecule has 5 rings (SSSR count). The van der Waals surface area contributed by atoms with Gasteiger partial charge in [0.15, 0.2) is 11.5 Å². The van der Waals surface area contributed by atoms with Crippen molar-refractivity contribution >= 4 is 23.8 Å². The van der Waals surface area contributed by atoms with Gasteiger partial charge in [0.1, 0.15) is 36.1 Å². The van der Waals surface area contributed by atoms with Gasteiger partial charge < -0.3 is 28.8 Å². The van der Waals surface area contributed by atoms with Gasteiger partial charge in [-0.25, -0.2) is 4.79 Å². The molecule has 0 aliphatic carbocycles. The Morgan fingerprint density at radius 2 is 1.79 bits per heavy atom. The Bertz CT molecular complexity index is 1310. The number of allylic oxidation sites excluding steroid dienone is 1. The first kappa shape index (κ1) is 26.6. The van der Waals surface area contributed by atoms with E-state index in [0.29, 0.717) is 85.7 Å². The van der Waals surface area contributed by atoms with Crippen molar-refractivity contribution < 1.29 is 43.2 Å². The summed E-state index contributed by atoms with van der Waals surface area (Å²) < 4.78 is 28.3. The second-order valence-electron chi connectivity index (χ2n) is 10.0. The van der Waals surface area contributed by atoms with Crippen LogP contribution in [0.1, 0.15) is 84.8 Å². The number of ether oxygens (including phenoxy) is 5. The number of carbonyl (C=O) groups is 3. The van der Waals surface area contributed by atoms with Gasteiger partial charge in [-0.2, -0.15) is 0 Å². The van der Waals surface area contributed by atoms with E-state index in [1.54, 1.807) is 31.2 Å². The molecule has 0 fully saturated rings. The Kier molecular flexibility index (Phi) is 7.77. The first-order chi connectivity index (χ1) is 18.9. The number of benzene rings is 2. The van der Waals surface area contributed by atoms with Crippen LogP contribution < -0.4 is 18.9 Å². The molecular weight excluding hydrogens is 504 g/mol. The van der Waals surface area contributed by atoms with Gasteiger partial charge >= 0.3 is 11.9 Å². The molecule has 0 aromatic heterocycles. The minimum Gasteiger partial charge on any atom is -0.507 e. The summed E-state index contributed by atoms with van der Waals surface area (Å²) in [6.45, 7) is 2.52. The van der Waals surface area contributed by atoms with Crippen molar-refractivity contribution in [3.63, 3.8) is 0 Å². The summed E-state index contributed by atoms with van der Waals surface area (Å²) in [4.78, 5) is 38.2. The van der Waals surface area contributed by atoms with E-state index in [4.69, 9.17) is 23.7 Å². The maximum absolute atomic E-state index is 13.4. The summed E-state index contributed by atoms with van der Waals surface area (Å²) in [7, 11) is 1.51. The van der Waals surface area contributed by atoms with Crippen molar-refractivity contribution in [1.82, 2.24) is 0 Å². The zero-order valence-electron chi connectivity index (χ0n) is 22.1. The van der Waals surface area contributed by atoms with Crippen LogP contribution in [0.25, 0.3) is 6.08 Å². The Hall–Kier alpha value is -4.01. The van der Waals surface area contributed by atoms with E-state index in [0.717, 1.165) is 0 Å². The second-order valence-corrected chi connectivity index (χ2v) is 10.0. The molecule has 3 heterocycles. The topological polar surface area (TPSA) is 118 Å². The predicted octanol–water partition coefficient (Wildman–Crippen LogP) is 5.09. The zero-order chi connectivity index (χ0) is 27.5. The number of hydrogen-bond donors (Lipinski definition) is 1. The second kappa shape index (κ2) is 11.4. The van der Waals surface area contributed by atoms with Crippen LogP contribution in [0.5, 0.6) is 28.7 Å². The smallest absolute Gasteiger partial charge is 0.342 e. The highest BCUT2D eigenvalue weighted by atomic mass is 16.6. The van der Waals surface area contributed by atoms with E-state index in [9.17, 15) is 19.5 Å². The van der Waals surface area contributed by atoms with Crippen LogP contribution in [0, 0.1) is 0 Å². The summed E-state index contributed by atoms with van der Waals surface area (Å²) in [5.74, 6) is -0.324. The van der Waals surface area contributed by atoms with Crippen molar-refractivity contribution in [2.75, 3.05) is 20.3 Å². The lowest BCUT2D eigenvalue weighted by molar-refractivity contribution is -0.135. The molecule has 0 amide bonds. The number of rotatable bonds is 2. The zero-order valence-corrected chi connectivity index (χ0v) is 22.1. The highest BCUT2D eigenvalue weighted by molar-refractivity contribution is 5.98. The van der Waals surface area contributed by atoms with Gasteiger partial charge in [0, 0.05) is 24.3 Å². The highest BCUT2D eigenvalue weighted by Gasteiger charge is 2.36. The van der Waals surface area contributed by atoms with Crippen LogP contribution in [-0.4, -0.2) is 49.3 Å². The fraction of sp³-hybridized carbons (Fsp3) is 0.433. The number of phenolic OH excluding ortho intramolecular Hbond substituents is 1. The lowest BCUT2D eigenvalue weighted by atomic mass is 9.83. The fourth-order valence-corrected chi connectivity index (χ4v) is 5.30. The SMILES string of the molecule is COc1cc(C2CC(=O)Oc3cc4c(c(O)c32)C(=O)O[C@@H](C)CCCC(=O)CCCC=C4)cc2c1OCCO2. The van der Waals surface area contributed by atoms with Crippen LogP contribution >= 0.6 is 0 Å². The number of carbonyl (C=O) groups excluding carboxylic acids is 3. The lowest BCUT2D eigenvalue weighted by Gasteiger charge is -2.29. The molecule has 0 bridgehead atoms. The van der Waals surface area contributed by atoms with Gasteiger partial charge in [0.25, 0.3) is 0 Å². The number of aromatic hydroxyl groups is 1. The minimum atomic E-state index is -0.679. The number of fused-ring (bicyclic) bond motifs is 3. The first-order valence-corrected chi connectivity index (χ1v) is 13.3. The fourth-order valence-electron chi connectivity index (χ4n) is 5.30. The van der Waals surface area contributed by atoms with Crippen LogP contribution in [0.3, 0.4) is 0 Å². The summed E-state index contributed by atoms with van der Waals surface area (Å²) in [6.07, 6.45) is 6.43. The van der Waals surface area contributed by atoms with Crippen LogP contribution in [0.2, 0.25) is 0 Å². The molecule has 0 spiro atoms. The number of methoxy groups -OCH3 is 1. The molecule has 2 aromatic carbocycles. The van der Waals surface area contributed by atoms with E-state index >= 15 is 0 Å². The Morgan fingerprint density at radius 1 is 1.00 bits per heavy atom. The van der Waals surface area contributed by atoms with E-state index in [2.05, 4.69) is 0 Å². The molecule has 1 N–H and O–H groups in total. The molecule has 1 unspecified atom stereocenters. The molecule has 0 saturated carbocycles. The van der Waals surface area contributed by atoms with Gasteiger partial charge in [-0.1, -0.05) is 12.2 Å². The number of phenols is 1. The van der Waals surface area contributed by atoms with E-state index in [1.165, 1.54) is 7.11 Å². The van der Waals surface area contributed by atoms with Gasteiger partial charge in [-0.05, 0) is 61.9 Å². The third kappa shape index (κ3) is 5.57. The van der Waals surface area contributed by atoms with Crippen molar-refractivity contribution in [2.24, 2.45) is 0 Å². The average Bonchev–Trinajstić information content (AvgIpc) is 2.91. The molecular formula is C30H32O9. The molecule has 9 nitrogen and oxygen atoms in total. The number of hydrogen-bond acceptors (Lipinski definition) is 9. The number of esters is 2. The lowest BCUT2D eigenvalue weighted by Crippen LogP contribution is -2.24. The normalized spacial score (nSPS) is 21.6. The van der Waals surface area contributed by atoms with Crippen LogP contribution in [0.15, 0.2) is 24.3 Å². The predicted molar refractivity (Wildman–Crippen MR) is 141 cm³/mol. The summed E-state index contributed by atoms with van der Waals surface area (Å²) in [6, 6.07) is 5.09. The minimum absolute atomic E-state index is 0.0115. The standard InChI is InChI=1S/C30H32O9/c1-17-7-6-10-20(31)9-5-3-4-8-18-13-22-27(28(33)26(18)30(34)38-17)21(16-25(32)39-22)19-14-23(35-2)29-24(15-19)36-11-12-37-29/h4,8,13-15,17,21,33H,3,5-7,9-12,16H2,1-2H3/t17-,21?/m0/s1.